The molecule has 0 spiro atoms. The minimum Gasteiger partial charge on any atom is -0.490 e. The van der Waals surface area contributed by atoms with E-state index in [1.165, 1.54) is 0 Å². The van der Waals surface area contributed by atoms with E-state index in [4.69, 9.17) is 14.6 Å². The van der Waals surface area contributed by atoms with Crippen molar-refractivity contribution in [2.45, 2.75) is 0 Å². The predicted octanol–water partition coefficient (Wildman–Crippen LogP) is 2.01. The standard InChI is InChI=1S/C10H11IO4/c1-14-4-5-15-9-3-2-7(11)6-8(9)10(12)13/h2-3,6H,4-5H2,1H3,(H,12,13). The first kappa shape index (κ1) is 12.3. The lowest BCUT2D eigenvalue weighted by molar-refractivity contribution is 0.0689. The SMILES string of the molecule is COCCOc1ccc(I)cc1C(=O)O. The van der Waals surface area contributed by atoms with E-state index in [1.807, 2.05) is 0 Å². The number of methoxy groups -OCH3 is 1. The second-order valence-electron chi connectivity index (χ2n) is 2.79. The number of carbonyl (C=O) groups is 1. The van der Waals surface area contributed by atoms with E-state index in [0.717, 1.165) is 3.57 Å². The van der Waals surface area contributed by atoms with Crippen molar-refractivity contribution in [2.24, 2.45) is 0 Å². The molecule has 1 aromatic rings. The lowest BCUT2D eigenvalue weighted by atomic mass is 10.2. The molecule has 0 radical (unpaired) electrons. The molecule has 0 unspecified atom stereocenters. The molecule has 0 atom stereocenters. The quantitative estimate of drug-likeness (QED) is 0.666. The van der Waals surface area contributed by atoms with Crippen molar-refractivity contribution < 1.29 is 19.4 Å². The highest BCUT2D eigenvalue weighted by Gasteiger charge is 2.11. The zero-order chi connectivity index (χ0) is 11.3. The first-order chi connectivity index (χ1) is 7.15. The fourth-order valence-corrected chi connectivity index (χ4v) is 1.52. The third-order valence-corrected chi connectivity index (χ3v) is 2.39. The Morgan fingerprint density at radius 2 is 2.20 bits per heavy atom. The molecule has 82 valence electrons. The lowest BCUT2D eigenvalue weighted by Gasteiger charge is -2.08. The van der Waals surface area contributed by atoms with Gasteiger partial charge in [-0.15, -0.1) is 0 Å². The molecular formula is C10H11IO4. The van der Waals surface area contributed by atoms with E-state index in [9.17, 15) is 4.79 Å². The third-order valence-electron chi connectivity index (χ3n) is 1.72. The van der Waals surface area contributed by atoms with Crippen molar-refractivity contribution in [3.8, 4) is 5.75 Å². The Hall–Kier alpha value is -0.820. The molecule has 0 amide bonds. The molecule has 1 aromatic carbocycles. The molecular weight excluding hydrogens is 311 g/mol. The molecule has 1 N–H and O–H groups in total. The minimum atomic E-state index is -0.985. The number of ether oxygens (including phenoxy) is 2. The highest BCUT2D eigenvalue weighted by atomic mass is 127. The van der Waals surface area contributed by atoms with E-state index in [2.05, 4.69) is 22.6 Å². The summed E-state index contributed by atoms with van der Waals surface area (Å²) in [6.07, 6.45) is 0. The van der Waals surface area contributed by atoms with Gasteiger partial charge >= 0.3 is 5.97 Å². The molecule has 0 aliphatic heterocycles. The Balaban J connectivity index is 2.81. The van der Waals surface area contributed by atoms with Gasteiger partial charge in [-0.2, -0.15) is 0 Å². The van der Waals surface area contributed by atoms with Gasteiger partial charge in [0.25, 0.3) is 0 Å². The average Bonchev–Trinajstić information content (AvgIpc) is 2.20. The second-order valence-corrected chi connectivity index (χ2v) is 4.03. The van der Waals surface area contributed by atoms with Crippen molar-refractivity contribution in [1.82, 2.24) is 0 Å². The minimum absolute atomic E-state index is 0.179. The third kappa shape index (κ3) is 3.67. The summed E-state index contributed by atoms with van der Waals surface area (Å²) in [6, 6.07) is 5.03. The molecule has 0 aliphatic carbocycles. The summed E-state index contributed by atoms with van der Waals surface area (Å²) in [5.74, 6) is -0.610. The normalized spacial score (nSPS) is 10.0. The number of hydrogen-bond acceptors (Lipinski definition) is 3. The molecule has 15 heavy (non-hydrogen) atoms. The fourth-order valence-electron chi connectivity index (χ4n) is 1.03. The Morgan fingerprint density at radius 1 is 1.47 bits per heavy atom. The van der Waals surface area contributed by atoms with Crippen molar-refractivity contribution in [2.75, 3.05) is 20.3 Å². The molecule has 5 heteroatoms. The number of carboxylic acids is 1. The van der Waals surface area contributed by atoms with Crippen LogP contribution in [-0.4, -0.2) is 31.4 Å². The van der Waals surface area contributed by atoms with Crippen LogP contribution in [0.4, 0.5) is 0 Å². The van der Waals surface area contributed by atoms with E-state index in [0.29, 0.717) is 19.0 Å². The summed E-state index contributed by atoms with van der Waals surface area (Å²) < 4.78 is 11.0. The maximum absolute atomic E-state index is 10.9. The molecule has 0 aromatic heterocycles. The van der Waals surface area contributed by atoms with Crippen LogP contribution in [-0.2, 0) is 4.74 Å². The zero-order valence-electron chi connectivity index (χ0n) is 8.20. The van der Waals surface area contributed by atoms with Crippen LogP contribution in [0.1, 0.15) is 10.4 Å². The topological polar surface area (TPSA) is 55.8 Å². The first-order valence-corrected chi connectivity index (χ1v) is 5.37. The number of halogens is 1. The average molecular weight is 322 g/mol. The van der Waals surface area contributed by atoms with Crippen LogP contribution in [0.3, 0.4) is 0 Å². The van der Waals surface area contributed by atoms with Crippen LogP contribution < -0.4 is 4.74 Å². The maximum Gasteiger partial charge on any atom is 0.339 e. The predicted molar refractivity (Wildman–Crippen MR) is 63.5 cm³/mol. The van der Waals surface area contributed by atoms with Crippen molar-refractivity contribution in [3.63, 3.8) is 0 Å². The number of hydrogen-bond donors (Lipinski definition) is 1. The number of aromatic carboxylic acids is 1. The summed E-state index contributed by atoms with van der Waals surface area (Å²) in [5, 5.41) is 8.93. The second kappa shape index (κ2) is 5.92. The molecule has 0 aliphatic rings. The Morgan fingerprint density at radius 3 is 2.80 bits per heavy atom. The van der Waals surface area contributed by atoms with E-state index in [1.54, 1.807) is 25.3 Å². The number of carboxylic acid groups (broad SMARTS) is 1. The fraction of sp³-hybridized carbons (Fsp3) is 0.300. The monoisotopic (exact) mass is 322 g/mol. The molecule has 0 heterocycles. The van der Waals surface area contributed by atoms with Crippen LogP contribution in [0.2, 0.25) is 0 Å². The summed E-state index contributed by atoms with van der Waals surface area (Å²) in [6.45, 7) is 0.780. The Labute approximate surface area is 101 Å². The van der Waals surface area contributed by atoms with E-state index < -0.39 is 5.97 Å². The highest BCUT2D eigenvalue weighted by molar-refractivity contribution is 14.1. The van der Waals surface area contributed by atoms with Gasteiger partial charge in [0, 0.05) is 10.7 Å². The summed E-state index contributed by atoms with van der Waals surface area (Å²) in [7, 11) is 1.56. The van der Waals surface area contributed by atoms with Gasteiger partial charge in [0.15, 0.2) is 0 Å². The van der Waals surface area contributed by atoms with Gasteiger partial charge in [-0.25, -0.2) is 4.79 Å². The van der Waals surface area contributed by atoms with Gasteiger partial charge < -0.3 is 14.6 Å². The Kier molecular flexibility index (Phi) is 4.83. The van der Waals surface area contributed by atoms with Crippen LogP contribution in [0, 0.1) is 3.57 Å². The molecule has 0 fully saturated rings. The maximum atomic E-state index is 10.9. The van der Waals surface area contributed by atoms with E-state index >= 15 is 0 Å². The molecule has 0 saturated carbocycles. The van der Waals surface area contributed by atoms with Crippen LogP contribution in [0.25, 0.3) is 0 Å². The first-order valence-electron chi connectivity index (χ1n) is 4.29. The summed E-state index contributed by atoms with van der Waals surface area (Å²) in [4.78, 5) is 10.9. The lowest BCUT2D eigenvalue weighted by Crippen LogP contribution is -2.08. The molecule has 4 nitrogen and oxygen atoms in total. The summed E-state index contributed by atoms with van der Waals surface area (Å²) >= 11 is 2.06. The van der Waals surface area contributed by atoms with Gasteiger partial charge in [0.2, 0.25) is 0 Å². The van der Waals surface area contributed by atoms with Crippen molar-refractivity contribution in [1.29, 1.82) is 0 Å². The number of rotatable bonds is 5. The number of benzene rings is 1. The van der Waals surface area contributed by atoms with Crippen molar-refractivity contribution in [3.05, 3.63) is 27.3 Å². The largest absolute Gasteiger partial charge is 0.490 e. The van der Waals surface area contributed by atoms with Gasteiger partial charge in [0.1, 0.15) is 17.9 Å². The molecule has 1 rings (SSSR count). The van der Waals surface area contributed by atoms with Crippen LogP contribution in [0.5, 0.6) is 5.75 Å². The Bertz CT molecular complexity index is 351. The molecule has 0 saturated heterocycles. The highest BCUT2D eigenvalue weighted by Crippen LogP contribution is 2.21. The van der Waals surface area contributed by atoms with E-state index in [-0.39, 0.29) is 5.56 Å². The van der Waals surface area contributed by atoms with Crippen molar-refractivity contribution >= 4 is 28.6 Å². The summed E-state index contributed by atoms with van der Waals surface area (Å²) in [5.41, 5.74) is 0.179. The van der Waals surface area contributed by atoms with Gasteiger partial charge in [-0.1, -0.05) is 0 Å². The van der Waals surface area contributed by atoms with Crippen LogP contribution in [0.15, 0.2) is 18.2 Å². The van der Waals surface area contributed by atoms with Crippen LogP contribution >= 0.6 is 22.6 Å². The van der Waals surface area contributed by atoms with Gasteiger partial charge in [0.05, 0.1) is 6.61 Å². The smallest absolute Gasteiger partial charge is 0.339 e. The zero-order valence-corrected chi connectivity index (χ0v) is 10.4. The molecule has 0 bridgehead atoms. The van der Waals surface area contributed by atoms with Gasteiger partial charge in [-0.05, 0) is 40.8 Å². The van der Waals surface area contributed by atoms with Gasteiger partial charge in [-0.3, -0.25) is 0 Å².